The van der Waals surface area contributed by atoms with Crippen molar-refractivity contribution in [2.45, 2.75) is 33.7 Å². The Labute approximate surface area is 153 Å². The molecule has 1 amide bonds. The number of amides is 1. The Bertz CT molecular complexity index is 904. The number of benzene rings is 2. The van der Waals surface area contributed by atoms with E-state index in [4.69, 9.17) is 4.74 Å². The number of aryl methyl sites for hydroxylation is 2. The molecule has 0 saturated carbocycles. The Hall–Kier alpha value is -2.73. The summed E-state index contributed by atoms with van der Waals surface area (Å²) in [6.45, 7) is 6.92. The average Bonchev–Trinajstić information content (AvgIpc) is 3.06. The summed E-state index contributed by atoms with van der Waals surface area (Å²) in [5.41, 5.74) is 4.74. The first-order valence-electron chi connectivity index (χ1n) is 8.90. The van der Waals surface area contributed by atoms with Gasteiger partial charge in [0.2, 0.25) is 0 Å². The molecular weight excluding hydrogens is 328 g/mol. The van der Waals surface area contributed by atoms with Crippen molar-refractivity contribution in [3.63, 3.8) is 0 Å². The Morgan fingerprint density at radius 1 is 1.15 bits per heavy atom. The van der Waals surface area contributed by atoms with Crippen LogP contribution in [-0.2, 0) is 22.5 Å². The van der Waals surface area contributed by atoms with Crippen LogP contribution in [0.25, 0.3) is 11.0 Å². The number of aromatic nitrogens is 3. The van der Waals surface area contributed by atoms with Crippen LogP contribution in [0, 0.1) is 6.92 Å². The van der Waals surface area contributed by atoms with Gasteiger partial charge in [0, 0.05) is 6.61 Å². The van der Waals surface area contributed by atoms with Crippen molar-refractivity contribution < 1.29 is 9.53 Å². The molecule has 3 aromatic rings. The predicted octanol–water partition coefficient (Wildman–Crippen LogP) is 3.33. The molecule has 6 heteroatoms. The molecule has 1 heterocycles. The number of anilines is 1. The van der Waals surface area contributed by atoms with Gasteiger partial charge in [-0.1, -0.05) is 42.5 Å². The van der Waals surface area contributed by atoms with E-state index in [2.05, 4.69) is 23.3 Å². The molecule has 3 rings (SSSR count). The van der Waals surface area contributed by atoms with Gasteiger partial charge < -0.3 is 4.74 Å². The number of fused-ring (bicyclic) bond motifs is 1. The largest absolute Gasteiger partial charge is 0.361 e. The van der Waals surface area contributed by atoms with E-state index in [1.807, 2.05) is 50.2 Å². The minimum absolute atomic E-state index is 0.0712. The molecule has 0 bridgehead atoms. The molecule has 26 heavy (non-hydrogen) atoms. The molecule has 136 valence electrons. The van der Waals surface area contributed by atoms with Crippen LogP contribution in [-0.4, -0.2) is 34.2 Å². The molecule has 0 saturated heterocycles. The van der Waals surface area contributed by atoms with E-state index in [-0.39, 0.29) is 19.2 Å². The molecule has 0 fully saturated rings. The minimum atomic E-state index is -0.0712. The van der Waals surface area contributed by atoms with Crippen molar-refractivity contribution >= 4 is 22.6 Å². The highest BCUT2D eigenvalue weighted by Crippen LogP contribution is 2.26. The normalized spacial score (nSPS) is 11.0. The zero-order chi connectivity index (χ0) is 18.5. The number of carbonyl (C=O) groups excluding carboxylic acids is 1. The van der Waals surface area contributed by atoms with Gasteiger partial charge in [-0.05, 0) is 43.5 Å². The fourth-order valence-electron chi connectivity index (χ4n) is 3.08. The van der Waals surface area contributed by atoms with Crippen LogP contribution < -0.4 is 4.90 Å². The molecule has 0 atom stereocenters. The zero-order valence-corrected chi connectivity index (χ0v) is 15.5. The van der Waals surface area contributed by atoms with Gasteiger partial charge in [-0.15, -0.1) is 5.10 Å². The highest BCUT2D eigenvalue weighted by molar-refractivity contribution is 5.95. The van der Waals surface area contributed by atoms with E-state index in [9.17, 15) is 4.79 Å². The quantitative estimate of drug-likeness (QED) is 0.612. The molecule has 6 nitrogen and oxygen atoms in total. The van der Waals surface area contributed by atoms with Crippen LogP contribution >= 0.6 is 0 Å². The Morgan fingerprint density at radius 3 is 2.73 bits per heavy atom. The maximum Gasteiger partial charge on any atom is 0.250 e. The van der Waals surface area contributed by atoms with Crippen molar-refractivity contribution in [3.05, 3.63) is 53.6 Å². The van der Waals surface area contributed by atoms with Crippen molar-refractivity contribution in [1.82, 2.24) is 15.0 Å². The molecule has 0 spiro atoms. The first-order chi connectivity index (χ1) is 12.7. The first-order valence-corrected chi connectivity index (χ1v) is 8.90. The van der Waals surface area contributed by atoms with Crippen LogP contribution in [0.1, 0.15) is 25.0 Å². The number of hydrogen-bond donors (Lipinski definition) is 0. The van der Waals surface area contributed by atoms with Gasteiger partial charge in [0.05, 0.1) is 11.2 Å². The highest BCUT2D eigenvalue weighted by atomic mass is 16.5. The molecular formula is C20H24N4O2. The molecule has 0 N–H and O–H groups in total. The molecule has 0 radical (unpaired) electrons. The minimum Gasteiger partial charge on any atom is -0.361 e. The van der Waals surface area contributed by atoms with Gasteiger partial charge in [-0.25, -0.2) is 4.68 Å². The molecule has 0 aliphatic rings. The van der Waals surface area contributed by atoms with E-state index in [1.165, 1.54) is 0 Å². The second-order valence-corrected chi connectivity index (χ2v) is 6.12. The third-order valence-electron chi connectivity index (χ3n) is 4.40. The summed E-state index contributed by atoms with van der Waals surface area (Å²) in [6, 6.07) is 13.7. The van der Waals surface area contributed by atoms with Crippen LogP contribution in [0.2, 0.25) is 0 Å². The van der Waals surface area contributed by atoms with Gasteiger partial charge in [0.25, 0.3) is 5.91 Å². The molecule has 1 aromatic heterocycles. The smallest absolute Gasteiger partial charge is 0.250 e. The van der Waals surface area contributed by atoms with Crippen LogP contribution in [0.5, 0.6) is 0 Å². The molecule has 0 aliphatic heterocycles. The Balaban J connectivity index is 1.94. The number of nitrogens with zero attached hydrogens (tertiary/aromatic N) is 4. The van der Waals surface area contributed by atoms with Gasteiger partial charge >= 0.3 is 0 Å². The summed E-state index contributed by atoms with van der Waals surface area (Å²) in [6.07, 6.45) is 0.846. The zero-order valence-electron chi connectivity index (χ0n) is 15.5. The summed E-state index contributed by atoms with van der Waals surface area (Å²) < 4.78 is 7.23. The number of ether oxygens (including phenoxy) is 1. The van der Waals surface area contributed by atoms with Crippen molar-refractivity contribution in [2.24, 2.45) is 0 Å². The number of hydrogen-bond acceptors (Lipinski definition) is 4. The summed E-state index contributed by atoms with van der Waals surface area (Å²) in [5, 5.41) is 8.26. The predicted molar refractivity (Wildman–Crippen MR) is 102 cm³/mol. The maximum absolute atomic E-state index is 13.1. The number of para-hydroxylation sites is 2. The summed E-state index contributed by atoms with van der Waals surface area (Å²) in [4.78, 5) is 14.9. The molecule has 0 aliphatic carbocycles. The summed E-state index contributed by atoms with van der Waals surface area (Å²) in [5.74, 6) is -0.0712. The van der Waals surface area contributed by atoms with E-state index >= 15 is 0 Å². The van der Waals surface area contributed by atoms with Crippen LogP contribution in [0.15, 0.2) is 42.5 Å². The van der Waals surface area contributed by atoms with Crippen molar-refractivity contribution in [2.75, 3.05) is 18.2 Å². The fraction of sp³-hybridized carbons (Fsp3) is 0.350. The van der Waals surface area contributed by atoms with Crippen LogP contribution in [0.3, 0.4) is 0 Å². The van der Waals surface area contributed by atoms with Gasteiger partial charge in [0.1, 0.15) is 18.8 Å². The van der Waals surface area contributed by atoms with E-state index in [0.717, 1.165) is 34.3 Å². The lowest BCUT2D eigenvalue weighted by molar-refractivity contribution is -0.120. The fourth-order valence-corrected chi connectivity index (χ4v) is 3.08. The van der Waals surface area contributed by atoms with E-state index in [1.54, 1.807) is 9.58 Å². The maximum atomic E-state index is 13.1. The molecule has 0 unspecified atom stereocenters. The van der Waals surface area contributed by atoms with Crippen molar-refractivity contribution in [1.29, 1.82) is 0 Å². The number of carbonyl (C=O) groups is 1. The van der Waals surface area contributed by atoms with E-state index in [0.29, 0.717) is 6.61 Å². The third kappa shape index (κ3) is 3.60. The van der Waals surface area contributed by atoms with Gasteiger partial charge in [0.15, 0.2) is 0 Å². The average molecular weight is 352 g/mol. The lowest BCUT2D eigenvalue weighted by Crippen LogP contribution is -2.37. The Morgan fingerprint density at radius 2 is 1.96 bits per heavy atom. The number of rotatable bonds is 7. The van der Waals surface area contributed by atoms with Crippen molar-refractivity contribution in [3.8, 4) is 0 Å². The summed E-state index contributed by atoms with van der Waals surface area (Å²) >= 11 is 0. The van der Waals surface area contributed by atoms with Crippen LogP contribution in [0.4, 0.5) is 5.69 Å². The highest BCUT2D eigenvalue weighted by Gasteiger charge is 2.21. The topological polar surface area (TPSA) is 60.2 Å². The second-order valence-electron chi connectivity index (χ2n) is 6.12. The van der Waals surface area contributed by atoms with Gasteiger partial charge in [-0.3, -0.25) is 9.69 Å². The lowest BCUT2D eigenvalue weighted by Gasteiger charge is -2.26. The monoisotopic (exact) mass is 352 g/mol. The SMILES string of the molecule is CCOCN(C(=O)Cn1nnc2ccccc21)c1c(C)cccc1CC. The Kier molecular flexibility index (Phi) is 5.63. The lowest BCUT2D eigenvalue weighted by atomic mass is 10.0. The summed E-state index contributed by atoms with van der Waals surface area (Å²) in [7, 11) is 0. The standard InChI is InChI=1S/C20H24N4O2/c1-4-16-10-8-9-15(3)20(16)23(14-26-5-2)19(25)13-24-18-12-7-6-11-17(18)21-22-24/h6-12H,4-5,13-14H2,1-3H3. The first kappa shape index (κ1) is 18.1. The van der Waals surface area contributed by atoms with Gasteiger partial charge in [-0.2, -0.15) is 0 Å². The second kappa shape index (κ2) is 8.10. The van der Waals surface area contributed by atoms with E-state index < -0.39 is 0 Å². The molecule has 2 aromatic carbocycles. The third-order valence-corrected chi connectivity index (χ3v) is 4.40.